The van der Waals surface area contributed by atoms with Gasteiger partial charge in [-0.05, 0) is 48.6 Å². The molecule has 0 spiro atoms. The molecule has 0 aliphatic heterocycles. The molecule has 3 heteroatoms. The molecular formula is C18H14FNO. The summed E-state index contributed by atoms with van der Waals surface area (Å²) in [6.45, 7) is 0. The number of aromatic amines is 1. The summed E-state index contributed by atoms with van der Waals surface area (Å²) >= 11 is 0. The lowest BCUT2D eigenvalue weighted by molar-refractivity contribution is 0.628. The number of rotatable bonds is 2. The number of nitrogens with one attached hydrogen (secondary N) is 1. The van der Waals surface area contributed by atoms with Gasteiger partial charge in [0, 0.05) is 22.5 Å². The van der Waals surface area contributed by atoms with Crippen LogP contribution in [0.2, 0.25) is 0 Å². The minimum Gasteiger partial charge on any atom is -0.354 e. The fourth-order valence-corrected chi connectivity index (χ4v) is 2.76. The third-order valence-corrected chi connectivity index (χ3v) is 4.07. The Bertz CT molecular complexity index is 893. The lowest BCUT2D eigenvalue weighted by Gasteiger charge is -2.07. The van der Waals surface area contributed by atoms with Crippen LogP contribution in [0.4, 0.5) is 4.39 Å². The highest BCUT2D eigenvalue weighted by Crippen LogP contribution is 2.41. The number of hydrogen-bond donors (Lipinski definition) is 1. The molecule has 4 rings (SSSR count). The first-order valence-corrected chi connectivity index (χ1v) is 7.14. The molecule has 1 aliphatic carbocycles. The Kier molecular flexibility index (Phi) is 2.67. The van der Waals surface area contributed by atoms with Gasteiger partial charge in [-0.1, -0.05) is 18.2 Å². The number of pyridine rings is 1. The zero-order chi connectivity index (χ0) is 14.4. The van der Waals surface area contributed by atoms with Crippen LogP contribution in [0.25, 0.3) is 22.2 Å². The molecule has 0 bridgehead atoms. The van der Waals surface area contributed by atoms with Crippen LogP contribution in [0.1, 0.15) is 24.3 Å². The quantitative estimate of drug-likeness (QED) is 0.748. The van der Waals surface area contributed by atoms with E-state index in [1.54, 1.807) is 18.2 Å². The first-order valence-electron chi connectivity index (χ1n) is 7.14. The number of benzene rings is 2. The summed E-state index contributed by atoms with van der Waals surface area (Å²) in [5, 5.41) is 0.622. The van der Waals surface area contributed by atoms with Gasteiger partial charge in [0.25, 0.3) is 0 Å². The van der Waals surface area contributed by atoms with E-state index < -0.39 is 0 Å². The number of para-hydroxylation sites is 1. The van der Waals surface area contributed by atoms with Crippen molar-refractivity contribution in [1.29, 1.82) is 0 Å². The zero-order valence-electron chi connectivity index (χ0n) is 11.4. The van der Waals surface area contributed by atoms with Crippen molar-refractivity contribution in [2.24, 2.45) is 0 Å². The second-order valence-electron chi connectivity index (χ2n) is 5.61. The van der Waals surface area contributed by atoms with Gasteiger partial charge in [0.05, 0.1) is 5.69 Å². The summed E-state index contributed by atoms with van der Waals surface area (Å²) in [5.74, 6) is 0.245. The molecule has 0 saturated heterocycles. The van der Waals surface area contributed by atoms with Gasteiger partial charge >= 0.3 is 0 Å². The van der Waals surface area contributed by atoms with Gasteiger partial charge in [0.15, 0.2) is 5.43 Å². The highest BCUT2D eigenvalue weighted by molar-refractivity contribution is 5.81. The molecule has 1 aromatic heterocycles. The van der Waals surface area contributed by atoms with Gasteiger partial charge in [-0.15, -0.1) is 0 Å². The van der Waals surface area contributed by atoms with Crippen molar-refractivity contribution >= 4 is 10.9 Å². The molecule has 0 radical (unpaired) electrons. The van der Waals surface area contributed by atoms with Crippen molar-refractivity contribution in [3.05, 3.63) is 70.1 Å². The maximum absolute atomic E-state index is 14.3. The standard InChI is InChI=1S/C18H14FNO/c19-15-9-12(11-5-6-11)7-8-13(15)17-10-18(21)14-3-1-2-4-16(14)20-17/h1-4,7-11H,5-6H2,(H,20,21). The van der Waals surface area contributed by atoms with E-state index in [1.807, 2.05) is 24.3 Å². The molecule has 1 aliphatic rings. The molecule has 0 atom stereocenters. The summed E-state index contributed by atoms with van der Waals surface area (Å²) in [6.07, 6.45) is 2.29. The van der Waals surface area contributed by atoms with E-state index in [0.717, 1.165) is 23.9 Å². The predicted octanol–water partition coefficient (Wildman–Crippen LogP) is 4.21. The Balaban J connectivity index is 1.88. The Hall–Kier alpha value is -2.42. The van der Waals surface area contributed by atoms with Crippen LogP contribution in [-0.4, -0.2) is 4.98 Å². The number of fused-ring (bicyclic) bond motifs is 1. The van der Waals surface area contributed by atoms with E-state index in [-0.39, 0.29) is 11.2 Å². The fourth-order valence-electron chi connectivity index (χ4n) is 2.76. The lowest BCUT2D eigenvalue weighted by Crippen LogP contribution is -2.03. The fraction of sp³-hybridized carbons (Fsp3) is 0.167. The van der Waals surface area contributed by atoms with Gasteiger partial charge in [-0.3, -0.25) is 4.79 Å². The summed E-state index contributed by atoms with van der Waals surface area (Å²) in [4.78, 5) is 15.3. The average molecular weight is 279 g/mol. The first-order chi connectivity index (χ1) is 10.2. The van der Waals surface area contributed by atoms with E-state index >= 15 is 0 Å². The van der Waals surface area contributed by atoms with Crippen molar-refractivity contribution in [2.75, 3.05) is 0 Å². The molecule has 104 valence electrons. The minimum absolute atomic E-state index is 0.0926. The summed E-state index contributed by atoms with van der Waals surface area (Å²) in [7, 11) is 0. The molecule has 3 aromatic rings. The second kappa shape index (κ2) is 4.55. The van der Waals surface area contributed by atoms with E-state index in [0.29, 0.717) is 22.6 Å². The monoisotopic (exact) mass is 279 g/mol. The Morgan fingerprint density at radius 1 is 1.05 bits per heavy atom. The van der Waals surface area contributed by atoms with Crippen LogP contribution in [0.5, 0.6) is 0 Å². The van der Waals surface area contributed by atoms with Crippen LogP contribution in [0.3, 0.4) is 0 Å². The molecule has 0 amide bonds. The third kappa shape index (κ3) is 2.15. The molecule has 1 heterocycles. The molecule has 2 nitrogen and oxygen atoms in total. The molecular weight excluding hydrogens is 265 g/mol. The molecule has 2 aromatic carbocycles. The molecule has 21 heavy (non-hydrogen) atoms. The van der Waals surface area contributed by atoms with Gasteiger partial charge in [-0.25, -0.2) is 4.39 Å². The number of halogens is 1. The number of hydrogen-bond acceptors (Lipinski definition) is 1. The largest absolute Gasteiger partial charge is 0.354 e. The minimum atomic E-state index is -0.273. The van der Waals surface area contributed by atoms with Crippen LogP contribution in [0.15, 0.2) is 53.3 Å². The molecule has 1 fully saturated rings. The molecule has 1 saturated carbocycles. The summed E-state index contributed by atoms with van der Waals surface area (Å²) < 4.78 is 14.3. The van der Waals surface area contributed by atoms with E-state index in [4.69, 9.17) is 0 Å². The van der Waals surface area contributed by atoms with Gasteiger partial charge < -0.3 is 4.98 Å². The SMILES string of the molecule is O=c1cc(-c2ccc(C3CC3)cc2F)[nH]c2ccccc12. The summed E-state index contributed by atoms with van der Waals surface area (Å²) in [6, 6.07) is 14.1. The number of H-pyrrole nitrogens is 1. The van der Waals surface area contributed by atoms with Crippen molar-refractivity contribution in [1.82, 2.24) is 4.98 Å². The average Bonchev–Trinajstić information content (AvgIpc) is 3.32. The topological polar surface area (TPSA) is 32.9 Å². The smallest absolute Gasteiger partial charge is 0.190 e. The third-order valence-electron chi connectivity index (χ3n) is 4.07. The van der Waals surface area contributed by atoms with E-state index in [1.165, 1.54) is 6.07 Å². The van der Waals surface area contributed by atoms with Crippen LogP contribution >= 0.6 is 0 Å². The maximum atomic E-state index is 14.3. The molecule has 0 unspecified atom stereocenters. The van der Waals surface area contributed by atoms with Crippen LogP contribution in [-0.2, 0) is 0 Å². The predicted molar refractivity (Wildman–Crippen MR) is 81.9 cm³/mol. The molecule has 1 N–H and O–H groups in total. The van der Waals surface area contributed by atoms with Gasteiger partial charge in [-0.2, -0.15) is 0 Å². The van der Waals surface area contributed by atoms with Crippen molar-refractivity contribution in [3.8, 4) is 11.3 Å². The van der Waals surface area contributed by atoms with Gasteiger partial charge in [0.2, 0.25) is 0 Å². The zero-order valence-corrected chi connectivity index (χ0v) is 11.4. The highest BCUT2D eigenvalue weighted by atomic mass is 19.1. The van der Waals surface area contributed by atoms with Crippen molar-refractivity contribution in [3.63, 3.8) is 0 Å². The van der Waals surface area contributed by atoms with Crippen LogP contribution in [0, 0.1) is 5.82 Å². The van der Waals surface area contributed by atoms with E-state index in [9.17, 15) is 9.18 Å². The van der Waals surface area contributed by atoms with E-state index in [2.05, 4.69) is 4.98 Å². The Morgan fingerprint density at radius 2 is 1.86 bits per heavy atom. The van der Waals surface area contributed by atoms with Crippen molar-refractivity contribution in [2.45, 2.75) is 18.8 Å². The highest BCUT2D eigenvalue weighted by Gasteiger charge is 2.24. The second-order valence-corrected chi connectivity index (χ2v) is 5.61. The first kappa shape index (κ1) is 12.3. The van der Waals surface area contributed by atoms with Crippen LogP contribution < -0.4 is 5.43 Å². The van der Waals surface area contributed by atoms with Crippen molar-refractivity contribution < 1.29 is 4.39 Å². The number of aromatic nitrogens is 1. The summed E-state index contributed by atoms with van der Waals surface area (Å²) in [5.41, 5.74) is 2.66. The Labute approximate surface area is 121 Å². The maximum Gasteiger partial charge on any atom is 0.190 e. The lowest BCUT2D eigenvalue weighted by atomic mass is 10.0. The normalized spacial score (nSPS) is 14.5. The van der Waals surface area contributed by atoms with Gasteiger partial charge in [0.1, 0.15) is 5.82 Å². The Morgan fingerprint density at radius 3 is 2.62 bits per heavy atom.